The van der Waals surface area contributed by atoms with Gasteiger partial charge in [0.15, 0.2) is 5.78 Å². The van der Waals surface area contributed by atoms with Gasteiger partial charge in [-0.25, -0.2) is 0 Å². The molecule has 1 aromatic carbocycles. The molecule has 1 aliphatic rings. The predicted octanol–water partition coefficient (Wildman–Crippen LogP) is 2.74. The maximum absolute atomic E-state index is 11.7. The number of Topliss-reactive ketones (excluding diaryl/α,β-unsaturated/α-hetero) is 1. The highest BCUT2D eigenvalue weighted by molar-refractivity contribution is 6.05. The van der Waals surface area contributed by atoms with Gasteiger partial charge in [0.1, 0.15) is 0 Å². The monoisotopic (exact) mass is 189 g/mol. The molecule has 0 amide bonds. The largest absolute Gasteiger partial charge is 0.398 e. The van der Waals surface area contributed by atoms with E-state index < -0.39 is 0 Å². The van der Waals surface area contributed by atoms with Gasteiger partial charge in [0.05, 0.1) is 0 Å². The molecule has 2 heteroatoms. The Kier molecular flexibility index (Phi) is 2.28. The summed E-state index contributed by atoms with van der Waals surface area (Å²) in [5.74, 6) is 0.627. The zero-order chi connectivity index (χ0) is 10.1. The molecule has 0 aromatic heterocycles. The second-order valence-electron chi connectivity index (χ2n) is 3.92. The molecule has 0 heterocycles. The molecule has 0 spiro atoms. The Balaban J connectivity index is 2.44. The summed E-state index contributed by atoms with van der Waals surface area (Å²) < 4.78 is 0. The van der Waals surface area contributed by atoms with Crippen LogP contribution in [0.4, 0.5) is 5.69 Å². The van der Waals surface area contributed by atoms with Crippen molar-refractivity contribution in [2.75, 3.05) is 5.73 Å². The second-order valence-corrected chi connectivity index (χ2v) is 3.92. The quantitative estimate of drug-likeness (QED) is 0.727. The molecule has 0 saturated carbocycles. The summed E-state index contributed by atoms with van der Waals surface area (Å²) in [7, 11) is 0. The first-order chi connectivity index (χ1) is 6.74. The van der Waals surface area contributed by atoms with Crippen molar-refractivity contribution < 1.29 is 4.79 Å². The van der Waals surface area contributed by atoms with E-state index in [-0.39, 0.29) is 5.78 Å². The molecule has 0 aliphatic heterocycles. The van der Waals surface area contributed by atoms with E-state index in [0.717, 1.165) is 24.0 Å². The van der Waals surface area contributed by atoms with Crippen LogP contribution in [0.3, 0.4) is 0 Å². The molecule has 0 saturated heterocycles. The molecule has 2 N–H and O–H groups in total. The molecule has 1 unspecified atom stereocenters. The van der Waals surface area contributed by atoms with Gasteiger partial charge >= 0.3 is 0 Å². The van der Waals surface area contributed by atoms with E-state index >= 15 is 0 Å². The number of hydrogen-bond acceptors (Lipinski definition) is 2. The third-order valence-electron chi connectivity index (χ3n) is 2.92. The topological polar surface area (TPSA) is 43.1 Å². The fourth-order valence-corrected chi connectivity index (χ4v) is 2.29. The van der Waals surface area contributed by atoms with Gasteiger partial charge in [0.25, 0.3) is 0 Å². The van der Waals surface area contributed by atoms with E-state index in [2.05, 4.69) is 6.92 Å². The lowest BCUT2D eigenvalue weighted by Gasteiger charge is -2.08. The Bertz CT molecular complexity index is 371. The van der Waals surface area contributed by atoms with Crippen LogP contribution < -0.4 is 5.73 Å². The van der Waals surface area contributed by atoms with Crippen LogP contribution in [0.15, 0.2) is 18.2 Å². The lowest BCUT2D eigenvalue weighted by Crippen LogP contribution is -1.98. The highest BCUT2D eigenvalue weighted by Crippen LogP contribution is 2.38. The molecular weight excluding hydrogens is 174 g/mol. The van der Waals surface area contributed by atoms with Crippen molar-refractivity contribution in [3.05, 3.63) is 29.3 Å². The van der Waals surface area contributed by atoms with Crippen LogP contribution in [0.2, 0.25) is 0 Å². The Morgan fingerprint density at radius 1 is 1.50 bits per heavy atom. The number of benzene rings is 1. The van der Waals surface area contributed by atoms with E-state index in [1.165, 1.54) is 0 Å². The number of rotatable bonds is 2. The molecular formula is C12H15NO. The number of carbonyl (C=O) groups excluding carboxylic acids is 1. The van der Waals surface area contributed by atoms with Crippen molar-refractivity contribution in [3.63, 3.8) is 0 Å². The molecule has 1 atom stereocenters. The van der Waals surface area contributed by atoms with Crippen molar-refractivity contribution in [1.29, 1.82) is 0 Å². The molecule has 2 nitrogen and oxygen atoms in total. The molecule has 0 radical (unpaired) electrons. The van der Waals surface area contributed by atoms with Gasteiger partial charge in [0, 0.05) is 17.7 Å². The average molecular weight is 189 g/mol. The first-order valence-electron chi connectivity index (χ1n) is 5.15. The zero-order valence-electron chi connectivity index (χ0n) is 8.42. The summed E-state index contributed by atoms with van der Waals surface area (Å²) in [6, 6.07) is 5.79. The highest BCUT2D eigenvalue weighted by Gasteiger charge is 2.29. The molecule has 0 fully saturated rings. The number of hydrogen-bond donors (Lipinski definition) is 1. The highest BCUT2D eigenvalue weighted by atomic mass is 16.1. The zero-order valence-corrected chi connectivity index (χ0v) is 8.42. The minimum atomic E-state index is 0.219. The summed E-state index contributed by atoms with van der Waals surface area (Å²) in [5, 5.41) is 0. The number of nitrogens with two attached hydrogens (primary N) is 1. The number of carbonyl (C=O) groups is 1. The molecule has 74 valence electrons. The third-order valence-corrected chi connectivity index (χ3v) is 2.92. The molecule has 2 rings (SSSR count). The maximum Gasteiger partial charge on any atom is 0.165 e. The Labute approximate surface area is 84.1 Å². The molecule has 14 heavy (non-hydrogen) atoms. The standard InChI is InChI=1S/C12H15NO/c1-2-4-8-7-11(14)12-9(8)5-3-6-10(12)13/h3,5-6,8H,2,4,7,13H2,1H3. The SMILES string of the molecule is CCCC1CC(=O)c2c(N)cccc21. The van der Waals surface area contributed by atoms with Crippen molar-refractivity contribution in [2.45, 2.75) is 32.1 Å². The van der Waals surface area contributed by atoms with E-state index in [9.17, 15) is 4.79 Å². The first kappa shape index (κ1) is 9.25. The predicted molar refractivity (Wildman–Crippen MR) is 57.5 cm³/mol. The van der Waals surface area contributed by atoms with Crippen LogP contribution in [0.25, 0.3) is 0 Å². The number of fused-ring (bicyclic) bond motifs is 1. The van der Waals surface area contributed by atoms with Crippen LogP contribution in [-0.2, 0) is 0 Å². The van der Waals surface area contributed by atoms with Gasteiger partial charge in [0.2, 0.25) is 0 Å². The Morgan fingerprint density at radius 3 is 3.00 bits per heavy atom. The first-order valence-corrected chi connectivity index (χ1v) is 5.15. The van der Waals surface area contributed by atoms with Crippen LogP contribution in [-0.4, -0.2) is 5.78 Å². The van der Waals surface area contributed by atoms with Crippen molar-refractivity contribution in [1.82, 2.24) is 0 Å². The number of nitrogen functional groups attached to an aromatic ring is 1. The number of anilines is 1. The minimum Gasteiger partial charge on any atom is -0.398 e. The van der Waals surface area contributed by atoms with Crippen molar-refractivity contribution in [3.8, 4) is 0 Å². The fourth-order valence-electron chi connectivity index (χ4n) is 2.29. The summed E-state index contributed by atoms with van der Waals surface area (Å²) in [5.41, 5.74) is 8.39. The van der Waals surface area contributed by atoms with Gasteiger partial charge in [-0.1, -0.05) is 25.5 Å². The van der Waals surface area contributed by atoms with Crippen molar-refractivity contribution >= 4 is 11.5 Å². The van der Waals surface area contributed by atoms with Crippen LogP contribution in [0.5, 0.6) is 0 Å². The van der Waals surface area contributed by atoms with E-state index in [1.54, 1.807) is 0 Å². The molecule has 1 aromatic rings. The van der Waals surface area contributed by atoms with E-state index in [4.69, 9.17) is 5.73 Å². The van der Waals surface area contributed by atoms with E-state index in [0.29, 0.717) is 18.0 Å². The van der Waals surface area contributed by atoms with Gasteiger partial charge in [-0.3, -0.25) is 4.79 Å². The van der Waals surface area contributed by atoms with Gasteiger partial charge in [-0.2, -0.15) is 0 Å². The van der Waals surface area contributed by atoms with Gasteiger partial charge in [-0.05, 0) is 24.0 Å². The van der Waals surface area contributed by atoms with Gasteiger partial charge in [-0.15, -0.1) is 0 Å². The van der Waals surface area contributed by atoms with Crippen LogP contribution >= 0.6 is 0 Å². The average Bonchev–Trinajstić information content (AvgIpc) is 2.46. The minimum absolute atomic E-state index is 0.219. The fraction of sp³-hybridized carbons (Fsp3) is 0.417. The Hall–Kier alpha value is -1.31. The van der Waals surface area contributed by atoms with Gasteiger partial charge < -0.3 is 5.73 Å². The van der Waals surface area contributed by atoms with Crippen molar-refractivity contribution in [2.24, 2.45) is 0 Å². The van der Waals surface area contributed by atoms with E-state index in [1.807, 2.05) is 18.2 Å². The molecule has 0 bridgehead atoms. The Morgan fingerprint density at radius 2 is 2.29 bits per heavy atom. The summed E-state index contributed by atoms with van der Waals surface area (Å²) in [4.78, 5) is 11.7. The summed E-state index contributed by atoms with van der Waals surface area (Å²) in [6.07, 6.45) is 2.85. The smallest absolute Gasteiger partial charge is 0.165 e. The summed E-state index contributed by atoms with van der Waals surface area (Å²) >= 11 is 0. The second kappa shape index (κ2) is 3.45. The van der Waals surface area contributed by atoms with Crippen LogP contribution in [0, 0.1) is 0 Å². The lowest BCUT2D eigenvalue weighted by atomic mass is 9.96. The van der Waals surface area contributed by atoms with Crippen LogP contribution in [0.1, 0.15) is 48.0 Å². The maximum atomic E-state index is 11.7. The lowest BCUT2D eigenvalue weighted by molar-refractivity contribution is 0.0989. The summed E-state index contributed by atoms with van der Waals surface area (Å²) in [6.45, 7) is 2.15. The number of ketones is 1. The molecule has 1 aliphatic carbocycles. The third kappa shape index (κ3) is 1.31. The normalized spacial score (nSPS) is 19.8.